The second-order valence-electron chi connectivity index (χ2n) is 2.99. The van der Waals surface area contributed by atoms with E-state index in [1.165, 1.54) is 12.3 Å². The van der Waals surface area contributed by atoms with Crippen molar-refractivity contribution in [3.05, 3.63) is 30.4 Å². The standard InChI is InChI=1S/C9H13N2O2S/c1-2-3-4-8-5-9(7-11-6-8)14(10,12)13/h4-7H,2-3H2,1H3,(H2,10,12,13). The quantitative estimate of drug-likeness (QED) is 0.813. The lowest BCUT2D eigenvalue weighted by Gasteiger charge is -2.01. The van der Waals surface area contributed by atoms with E-state index in [0.717, 1.165) is 18.4 Å². The Morgan fingerprint density at radius 2 is 2.21 bits per heavy atom. The normalized spacial score (nSPS) is 11.6. The summed E-state index contributed by atoms with van der Waals surface area (Å²) in [6, 6.07) is 1.53. The zero-order valence-corrected chi connectivity index (χ0v) is 8.79. The molecule has 4 nitrogen and oxygen atoms in total. The van der Waals surface area contributed by atoms with E-state index < -0.39 is 10.0 Å². The number of aromatic nitrogens is 1. The van der Waals surface area contributed by atoms with Gasteiger partial charge in [0, 0.05) is 12.4 Å². The minimum absolute atomic E-state index is 0.0577. The number of nitrogens with two attached hydrogens (primary N) is 1. The van der Waals surface area contributed by atoms with Gasteiger partial charge in [-0.3, -0.25) is 4.98 Å². The van der Waals surface area contributed by atoms with E-state index in [0.29, 0.717) is 0 Å². The van der Waals surface area contributed by atoms with Crippen LogP contribution in [0.2, 0.25) is 0 Å². The van der Waals surface area contributed by atoms with E-state index in [1.54, 1.807) is 6.20 Å². The Bertz CT molecular complexity index is 401. The van der Waals surface area contributed by atoms with Crippen LogP contribution in [0.15, 0.2) is 23.4 Å². The molecule has 5 heteroatoms. The number of primary sulfonamides is 1. The average molecular weight is 213 g/mol. The Morgan fingerprint density at radius 3 is 2.79 bits per heavy atom. The van der Waals surface area contributed by atoms with Gasteiger partial charge in [-0.25, -0.2) is 13.6 Å². The summed E-state index contributed by atoms with van der Waals surface area (Å²) >= 11 is 0. The molecule has 1 aromatic heterocycles. The van der Waals surface area contributed by atoms with Gasteiger partial charge < -0.3 is 0 Å². The molecule has 2 N–H and O–H groups in total. The molecular weight excluding hydrogens is 200 g/mol. The average Bonchev–Trinajstić information content (AvgIpc) is 2.14. The fourth-order valence-corrected chi connectivity index (χ4v) is 1.52. The van der Waals surface area contributed by atoms with Crippen molar-refractivity contribution in [2.45, 2.75) is 24.7 Å². The molecule has 0 saturated heterocycles. The maximum atomic E-state index is 11.0. The first-order valence-electron chi connectivity index (χ1n) is 4.35. The van der Waals surface area contributed by atoms with Gasteiger partial charge in [0.05, 0.1) is 0 Å². The number of nitrogens with zero attached hydrogens (tertiary/aromatic N) is 1. The van der Waals surface area contributed by atoms with E-state index in [1.807, 2.05) is 13.3 Å². The van der Waals surface area contributed by atoms with Gasteiger partial charge in [0.15, 0.2) is 0 Å². The molecule has 0 aliphatic rings. The smallest absolute Gasteiger partial charge is 0.239 e. The summed E-state index contributed by atoms with van der Waals surface area (Å²) in [6.45, 7) is 2.05. The van der Waals surface area contributed by atoms with Crippen molar-refractivity contribution in [1.29, 1.82) is 0 Å². The molecule has 1 heterocycles. The molecule has 1 radical (unpaired) electrons. The van der Waals surface area contributed by atoms with Crippen LogP contribution in [0.4, 0.5) is 0 Å². The monoisotopic (exact) mass is 213 g/mol. The van der Waals surface area contributed by atoms with Crippen molar-refractivity contribution < 1.29 is 8.42 Å². The zero-order chi connectivity index (χ0) is 10.6. The van der Waals surface area contributed by atoms with Crippen LogP contribution in [-0.2, 0) is 10.0 Å². The maximum absolute atomic E-state index is 11.0. The molecule has 0 atom stereocenters. The Labute approximate surface area is 84.2 Å². The zero-order valence-electron chi connectivity index (χ0n) is 7.97. The van der Waals surface area contributed by atoms with E-state index in [2.05, 4.69) is 4.98 Å². The lowest BCUT2D eigenvalue weighted by Crippen LogP contribution is -2.12. The van der Waals surface area contributed by atoms with Crippen molar-refractivity contribution >= 4 is 10.0 Å². The molecule has 0 aliphatic heterocycles. The van der Waals surface area contributed by atoms with Crippen molar-refractivity contribution in [2.24, 2.45) is 5.14 Å². The largest absolute Gasteiger partial charge is 0.263 e. The number of rotatable bonds is 4. The van der Waals surface area contributed by atoms with Gasteiger partial charge in [-0.15, -0.1) is 0 Å². The third kappa shape index (κ3) is 3.08. The molecule has 14 heavy (non-hydrogen) atoms. The lowest BCUT2D eigenvalue weighted by atomic mass is 10.1. The van der Waals surface area contributed by atoms with Crippen LogP contribution in [0, 0.1) is 6.42 Å². The first-order valence-corrected chi connectivity index (χ1v) is 5.89. The lowest BCUT2D eigenvalue weighted by molar-refractivity contribution is 0.597. The summed E-state index contributed by atoms with van der Waals surface area (Å²) in [5.41, 5.74) is 0.790. The van der Waals surface area contributed by atoms with Gasteiger partial charge in [-0.2, -0.15) is 0 Å². The van der Waals surface area contributed by atoms with E-state index in [4.69, 9.17) is 5.14 Å². The molecule has 0 unspecified atom stereocenters. The Hall–Kier alpha value is -0.940. The number of hydrogen-bond acceptors (Lipinski definition) is 3. The molecule has 0 saturated carbocycles. The highest BCUT2D eigenvalue weighted by atomic mass is 32.2. The Balaban J connectivity index is 2.90. The molecule has 0 aromatic carbocycles. The number of unbranched alkanes of at least 4 members (excludes halogenated alkanes) is 1. The van der Waals surface area contributed by atoms with Crippen LogP contribution < -0.4 is 5.14 Å². The van der Waals surface area contributed by atoms with E-state index >= 15 is 0 Å². The number of hydrogen-bond donors (Lipinski definition) is 1. The maximum Gasteiger partial charge on any atom is 0.239 e. The van der Waals surface area contributed by atoms with Gasteiger partial charge in [0.1, 0.15) is 4.90 Å². The SMILES string of the molecule is CCC[CH]c1cncc(S(N)(=O)=O)c1. The molecule has 0 spiro atoms. The van der Waals surface area contributed by atoms with Gasteiger partial charge in [0.2, 0.25) is 10.0 Å². The highest BCUT2D eigenvalue weighted by Crippen LogP contribution is 2.11. The van der Waals surface area contributed by atoms with Crippen molar-refractivity contribution in [3.8, 4) is 0 Å². The first kappa shape index (κ1) is 11.1. The van der Waals surface area contributed by atoms with Gasteiger partial charge in [0.25, 0.3) is 0 Å². The van der Waals surface area contributed by atoms with Crippen molar-refractivity contribution in [3.63, 3.8) is 0 Å². The predicted octanol–water partition coefficient (Wildman–Crippen LogP) is 1.08. The number of sulfonamides is 1. The van der Waals surface area contributed by atoms with Crippen molar-refractivity contribution in [2.75, 3.05) is 0 Å². The number of pyridine rings is 1. The molecule has 0 fully saturated rings. The van der Waals surface area contributed by atoms with Crippen LogP contribution in [0.5, 0.6) is 0 Å². The van der Waals surface area contributed by atoms with E-state index in [9.17, 15) is 8.42 Å². The Kier molecular flexibility index (Phi) is 3.60. The second kappa shape index (κ2) is 4.52. The van der Waals surface area contributed by atoms with Crippen LogP contribution in [0.25, 0.3) is 0 Å². The summed E-state index contributed by atoms with van der Waals surface area (Å²) in [4.78, 5) is 3.87. The van der Waals surface area contributed by atoms with Gasteiger partial charge in [-0.1, -0.05) is 13.3 Å². The fraction of sp³-hybridized carbons (Fsp3) is 0.333. The second-order valence-corrected chi connectivity index (χ2v) is 4.55. The summed E-state index contributed by atoms with van der Waals surface area (Å²) in [7, 11) is -3.63. The summed E-state index contributed by atoms with van der Waals surface area (Å²) in [5.74, 6) is 0. The molecular formula is C9H13N2O2S. The summed E-state index contributed by atoms with van der Waals surface area (Å²) in [5, 5.41) is 4.97. The topological polar surface area (TPSA) is 73.0 Å². The van der Waals surface area contributed by atoms with Crippen LogP contribution in [-0.4, -0.2) is 13.4 Å². The van der Waals surface area contributed by atoms with Gasteiger partial charge >= 0.3 is 0 Å². The Morgan fingerprint density at radius 1 is 1.50 bits per heavy atom. The molecule has 0 aliphatic carbocycles. The minimum Gasteiger partial charge on any atom is -0.263 e. The third-order valence-electron chi connectivity index (χ3n) is 1.73. The van der Waals surface area contributed by atoms with Crippen molar-refractivity contribution in [1.82, 2.24) is 4.98 Å². The predicted molar refractivity (Wildman–Crippen MR) is 53.9 cm³/mol. The summed E-state index contributed by atoms with van der Waals surface area (Å²) < 4.78 is 22.0. The highest BCUT2D eigenvalue weighted by Gasteiger charge is 2.08. The van der Waals surface area contributed by atoms with Crippen LogP contribution >= 0.6 is 0 Å². The van der Waals surface area contributed by atoms with Crippen LogP contribution in [0.3, 0.4) is 0 Å². The summed E-state index contributed by atoms with van der Waals surface area (Å²) in [6.07, 6.45) is 6.71. The first-order chi connectivity index (χ1) is 6.54. The van der Waals surface area contributed by atoms with Crippen LogP contribution in [0.1, 0.15) is 25.3 Å². The highest BCUT2D eigenvalue weighted by molar-refractivity contribution is 7.89. The molecule has 0 bridgehead atoms. The van der Waals surface area contributed by atoms with E-state index in [-0.39, 0.29) is 4.90 Å². The third-order valence-corrected chi connectivity index (χ3v) is 2.61. The molecule has 1 aromatic rings. The fourth-order valence-electron chi connectivity index (χ4n) is 1.01. The molecule has 77 valence electrons. The van der Waals surface area contributed by atoms with Gasteiger partial charge in [-0.05, 0) is 24.5 Å². The molecule has 0 amide bonds. The minimum atomic E-state index is -3.63. The molecule has 1 rings (SSSR count).